The van der Waals surface area contributed by atoms with E-state index in [9.17, 15) is 19.5 Å². The highest BCUT2D eigenvalue weighted by atomic mass is 16.4. The molecule has 0 saturated carbocycles. The SMILES string of the molecule is CC(O)C(NC(=O)C(N)Cc1ccccc1)C(=O)NCC(=O)O. The van der Waals surface area contributed by atoms with E-state index in [0.29, 0.717) is 0 Å². The van der Waals surface area contributed by atoms with Crippen LogP contribution in [0.2, 0.25) is 0 Å². The van der Waals surface area contributed by atoms with Gasteiger partial charge in [-0.15, -0.1) is 0 Å². The number of carbonyl (C=O) groups is 3. The van der Waals surface area contributed by atoms with Crippen LogP contribution in [0.1, 0.15) is 12.5 Å². The molecular formula is C15H21N3O5. The van der Waals surface area contributed by atoms with E-state index >= 15 is 0 Å². The molecular weight excluding hydrogens is 302 g/mol. The largest absolute Gasteiger partial charge is 0.480 e. The highest BCUT2D eigenvalue weighted by Crippen LogP contribution is 2.03. The van der Waals surface area contributed by atoms with Gasteiger partial charge in [0, 0.05) is 0 Å². The maximum Gasteiger partial charge on any atom is 0.322 e. The van der Waals surface area contributed by atoms with Gasteiger partial charge in [-0.2, -0.15) is 0 Å². The minimum Gasteiger partial charge on any atom is -0.480 e. The zero-order valence-electron chi connectivity index (χ0n) is 12.7. The third kappa shape index (κ3) is 6.45. The number of benzene rings is 1. The zero-order chi connectivity index (χ0) is 17.4. The lowest BCUT2D eigenvalue weighted by molar-refractivity contribution is -0.139. The summed E-state index contributed by atoms with van der Waals surface area (Å²) in [6.07, 6.45) is -0.924. The predicted molar refractivity (Wildman–Crippen MR) is 82.4 cm³/mol. The lowest BCUT2D eigenvalue weighted by Gasteiger charge is -2.22. The molecule has 0 aliphatic heterocycles. The van der Waals surface area contributed by atoms with Gasteiger partial charge in [0.1, 0.15) is 12.6 Å². The molecule has 8 heteroatoms. The van der Waals surface area contributed by atoms with Crippen LogP contribution in [0.4, 0.5) is 0 Å². The Labute approximate surface area is 133 Å². The number of hydrogen-bond donors (Lipinski definition) is 5. The van der Waals surface area contributed by atoms with Crippen LogP contribution < -0.4 is 16.4 Å². The van der Waals surface area contributed by atoms with Gasteiger partial charge in [-0.25, -0.2) is 0 Å². The van der Waals surface area contributed by atoms with Crippen molar-refractivity contribution in [2.24, 2.45) is 5.73 Å². The summed E-state index contributed by atoms with van der Waals surface area (Å²) < 4.78 is 0. The third-order valence-electron chi connectivity index (χ3n) is 3.11. The Morgan fingerprint density at radius 3 is 2.30 bits per heavy atom. The van der Waals surface area contributed by atoms with Gasteiger partial charge >= 0.3 is 5.97 Å². The fraction of sp³-hybridized carbons (Fsp3) is 0.400. The molecule has 2 amide bonds. The van der Waals surface area contributed by atoms with E-state index in [1.807, 2.05) is 30.3 Å². The van der Waals surface area contributed by atoms with E-state index in [1.54, 1.807) is 0 Å². The van der Waals surface area contributed by atoms with E-state index < -0.39 is 42.5 Å². The van der Waals surface area contributed by atoms with E-state index in [1.165, 1.54) is 6.92 Å². The number of carbonyl (C=O) groups excluding carboxylic acids is 2. The number of aliphatic hydroxyl groups excluding tert-OH is 1. The molecule has 0 heterocycles. The average Bonchev–Trinajstić information content (AvgIpc) is 2.50. The van der Waals surface area contributed by atoms with Crippen molar-refractivity contribution in [3.05, 3.63) is 35.9 Å². The molecule has 126 valence electrons. The van der Waals surface area contributed by atoms with E-state index in [-0.39, 0.29) is 6.42 Å². The molecule has 0 saturated heterocycles. The van der Waals surface area contributed by atoms with Gasteiger partial charge < -0.3 is 26.6 Å². The van der Waals surface area contributed by atoms with Crippen LogP contribution in [-0.2, 0) is 20.8 Å². The summed E-state index contributed by atoms with van der Waals surface area (Å²) >= 11 is 0. The molecule has 1 aromatic rings. The number of carboxylic acid groups (broad SMARTS) is 1. The van der Waals surface area contributed by atoms with E-state index in [2.05, 4.69) is 10.6 Å². The molecule has 0 aliphatic rings. The van der Waals surface area contributed by atoms with Gasteiger partial charge in [-0.1, -0.05) is 30.3 Å². The number of hydrogen-bond acceptors (Lipinski definition) is 5. The Balaban J connectivity index is 2.62. The maximum absolute atomic E-state index is 12.1. The molecule has 0 aliphatic carbocycles. The first-order valence-electron chi connectivity index (χ1n) is 7.08. The number of amides is 2. The number of carboxylic acids is 1. The first kappa shape index (κ1) is 18.6. The topological polar surface area (TPSA) is 142 Å². The Kier molecular flexibility index (Phi) is 7.17. The van der Waals surface area contributed by atoms with Crippen molar-refractivity contribution in [1.82, 2.24) is 10.6 Å². The Bertz CT molecular complexity index is 547. The predicted octanol–water partition coefficient (Wildman–Crippen LogP) is -1.38. The highest BCUT2D eigenvalue weighted by molar-refractivity contribution is 5.91. The molecule has 8 nitrogen and oxygen atoms in total. The summed E-state index contributed by atoms with van der Waals surface area (Å²) in [5.74, 6) is -2.62. The van der Waals surface area contributed by atoms with E-state index in [4.69, 9.17) is 10.8 Å². The maximum atomic E-state index is 12.1. The molecule has 6 N–H and O–H groups in total. The fourth-order valence-corrected chi connectivity index (χ4v) is 1.90. The highest BCUT2D eigenvalue weighted by Gasteiger charge is 2.27. The van der Waals surface area contributed by atoms with Crippen molar-refractivity contribution in [1.29, 1.82) is 0 Å². The van der Waals surface area contributed by atoms with Gasteiger partial charge in [-0.3, -0.25) is 14.4 Å². The van der Waals surface area contributed by atoms with Crippen molar-refractivity contribution in [2.45, 2.75) is 31.5 Å². The Morgan fingerprint density at radius 2 is 1.78 bits per heavy atom. The van der Waals surface area contributed by atoms with Gasteiger partial charge in [0.15, 0.2) is 0 Å². The molecule has 0 aromatic heterocycles. The summed E-state index contributed by atoms with van der Waals surface area (Å²) in [6.45, 7) is 0.710. The number of aliphatic carboxylic acids is 1. The molecule has 0 radical (unpaired) electrons. The van der Waals surface area contributed by atoms with Gasteiger partial charge in [0.2, 0.25) is 11.8 Å². The summed E-state index contributed by atoms with van der Waals surface area (Å²) in [7, 11) is 0. The Hall–Kier alpha value is -2.45. The molecule has 3 atom stereocenters. The number of nitrogens with two attached hydrogens (primary N) is 1. The molecule has 0 bridgehead atoms. The van der Waals surface area contributed by atoms with Gasteiger partial charge in [0.05, 0.1) is 12.1 Å². The van der Waals surface area contributed by atoms with Crippen LogP contribution >= 0.6 is 0 Å². The summed E-state index contributed by atoms with van der Waals surface area (Å²) in [4.78, 5) is 34.3. The van der Waals surface area contributed by atoms with Crippen molar-refractivity contribution >= 4 is 17.8 Å². The number of nitrogens with one attached hydrogen (secondary N) is 2. The van der Waals surface area contributed by atoms with Crippen LogP contribution in [0.5, 0.6) is 0 Å². The summed E-state index contributed by atoms with van der Waals surface area (Å²) in [6, 6.07) is 6.94. The first-order valence-corrected chi connectivity index (χ1v) is 7.08. The molecule has 23 heavy (non-hydrogen) atoms. The number of rotatable bonds is 8. The van der Waals surface area contributed by atoms with Crippen LogP contribution in [-0.4, -0.2) is 52.7 Å². The lowest BCUT2D eigenvalue weighted by Crippen LogP contribution is -2.56. The average molecular weight is 323 g/mol. The molecule has 1 aromatic carbocycles. The minimum absolute atomic E-state index is 0.274. The third-order valence-corrected chi connectivity index (χ3v) is 3.11. The molecule has 1 rings (SSSR count). The van der Waals surface area contributed by atoms with Crippen LogP contribution in [0.15, 0.2) is 30.3 Å². The second-order valence-corrected chi connectivity index (χ2v) is 5.13. The van der Waals surface area contributed by atoms with Crippen LogP contribution in [0.3, 0.4) is 0 Å². The summed E-state index contributed by atoms with van der Waals surface area (Å²) in [5.41, 5.74) is 6.66. The van der Waals surface area contributed by atoms with Crippen LogP contribution in [0, 0.1) is 0 Å². The monoisotopic (exact) mass is 323 g/mol. The summed E-state index contributed by atoms with van der Waals surface area (Å²) in [5, 5.41) is 22.6. The van der Waals surface area contributed by atoms with Gasteiger partial charge in [-0.05, 0) is 18.9 Å². The Morgan fingerprint density at radius 1 is 1.17 bits per heavy atom. The molecule has 0 fully saturated rings. The fourth-order valence-electron chi connectivity index (χ4n) is 1.90. The van der Waals surface area contributed by atoms with Crippen molar-refractivity contribution < 1.29 is 24.6 Å². The molecule has 0 spiro atoms. The van der Waals surface area contributed by atoms with Crippen LogP contribution in [0.25, 0.3) is 0 Å². The quantitative estimate of drug-likeness (QED) is 0.399. The smallest absolute Gasteiger partial charge is 0.322 e. The molecule has 3 unspecified atom stereocenters. The second-order valence-electron chi connectivity index (χ2n) is 5.13. The van der Waals surface area contributed by atoms with Gasteiger partial charge in [0.25, 0.3) is 0 Å². The zero-order valence-corrected chi connectivity index (χ0v) is 12.7. The van der Waals surface area contributed by atoms with Crippen molar-refractivity contribution in [2.75, 3.05) is 6.54 Å². The minimum atomic E-state index is -1.27. The van der Waals surface area contributed by atoms with Crippen molar-refractivity contribution in [3.8, 4) is 0 Å². The second kappa shape index (κ2) is 8.86. The normalized spacial score (nSPS) is 14.4. The lowest BCUT2D eigenvalue weighted by atomic mass is 10.0. The number of aliphatic hydroxyl groups is 1. The first-order chi connectivity index (χ1) is 10.8. The van der Waals surface area contributed by atoms with Crippen molar-refractivity contribution in [3.63, 3.8) is 0 Å². The standard InChI is InChI=1S/C15H21N3O5/c1-9(19)13(15(23)17-8-12(20)21)18-14(22)11(16)7-10-5-3-2-4-6-10/h2-6,9,11,13,19H,7-8,16H2,1H3,(H,17,23)(H,18,22)(H,20,21). The van der Waals surface area contributed by atoms with E-state index in [0.717, 1.165) is 5.56 Å².